The second kappa shape index (κ2) is 76.9. The maximum absolute atomic E-state index is 4.96. The second-order valence-corrected chi connectivity index (χ2v) is 7.12. The van der Waals surface area contributed by atoms with Crippen molar-refractivity contribution in [2.45, 2.75) is 13.8 Å². The number of hydrogen-bond acceptors (Lipinski definition) is 9. The quantitative estimate of drug-likeness (QED) is 0.146. The maximum Gasteiger partial charge on any atom is 0.296 e. The van der Waals surface area contributed by atoms with Crippen LogP contribution in [0.4, 0.5) is 0 Å². The van der Waals surface area contributed by atoms with Gasteiger partial charge in [-0.2, -0.15) is 0 Å². The van der Waals surface area contributed by atoms with E-state index in [1.807, 2.05) is 86.6 Å². The molecule has 0 aliphatic rings. The minimum atomic E-state index is 0. The predicted molar refractivity (Wildman–Crippen MR) is 162 cm³/mol. The molecule has 22 heteroatoms. The van der Waals surface area contributed by atoms with Gasteiger partial charge < -0.3 is 39.8 Å². The van der Waals surface area contributed by atoms with Gasteiger partial charge in [-0.15, -0.1) is 0 Å². The topological polar surface area (TPSA) is 118 Å². The van der Waals surface area contributed by atoms with Crippen molar-refractivity contribution in [3.8, 4) is 0 Å². The standard InChI is InChI=1S/2C6H4O2.5C4H4O.C2H6.13Ar/c1-3-7-6-2-4-8-5(1)6;1-3-7-6-5(1)2-4-8-6;5*1-2-4-5-3-1;1-2;;;;;;;;;;;;;/h2*1-4H;5*1-4H;1-2H3;;;;;;;;;;;;;. The van der Waals surface area contributed by atoms with Gasteiger partial charge in [-0.25, -0.2) is 0 Å². The van der Waals surface area contributed by atoms with E-state index in [-0.39, 0.29) is 491 Å². The SMILES string of the molecule is CC.[Ar].[Ar].[Ar].[Ar].[Ar].[Ar].[Ar].[Ar].[Ar].[Ar].[Ar].[Ar].[Ar].c1cc2ccoc2o1.c1cc2occc2o1.c1ccoc1.c1ccoc1.c1ccoc1.c1ccoc1.c1ccoc1. The summed E-state index contributed by atoms with van der Waals surface area (Å²) in [5.41, 5.74) is 1.62. The molecule has 0 spiro atoms. The average Bonchev–Trinajstić information content (AvgIpc) is 3.94. The molecular formula is C34H34Ar13O9. The van der Waals surface area contributed by atoms with Crippen LogP contribution in [0.2, 0.25) is 0 Å². The smallest absolute Gasteiger partial charge is 0.296 e. The van der Waals surface area contributed by atoms with E-state index in [4.69, 9.17) is 17.7 Å². The Balaban J connectivity index is -0.0000000389. The summed E-state index contributed by atoms with van der Waals surface area (Å²) in [6.45, 7) is 4.00. The van der Waals surface area contributed by atoms with Crippen LogP contribution in [0.1, 0.15) is 13.8 Å². The Morgan fingerprint density at radius 2 is 0.446 bits per heavy atom. The van der Waals surface area contributed by atoms with Crippen molar-refractivity contribution in [2.75, 3.05) is 0 Å². The normalized spacial score (nSPS) is 6.68. The van der Waals surface area contributed by atoms with E-state index in [2.05, 4.69) is 22.1 Å². The van der Waals surface area contributed by atoms with E-state index in [0.29, 0.717) is 5.78 Å². The van der Waals surface area contributed by atoms with Gasteiger partial charge in [0, 0.05) is 503 Å². The number of hydrogen-bond donors (Lipinski definition) is 0. The fourth-order valence-corrected chi connectivity index (χ4v) is 2.53. The Hall–Kier alpha value is 10.4. The van der Waals surface area contributed by atoms with Crippen molar-refractivity contribution in [3.05, 3.63) is 173 Å². The Kier molecular flexibility index (Phi) is 132. The molecular weight excluding hydrogens is 1070 g/mol. The molecule has 9 nitrogen and oxygen atoms in total. The molecule has 0 amide bonds. The first-order valence-electron chi connectivity index (χ1n) is 13.1. The fourth-order valence-electron chi connectivity index (χ4n) is 2.53. The molecule has 0 bridgehead atoms. The van der Waals surface area contributed by atoms with E-state index < -0.39 is 0 Å². The minimum Gasteiger partial charge on any atom is -0.473 e. The van der Waals surface area contributed by atoms with E-state index in [0.717, 1.165) is 16.6 Å². The van der Waals surface area contributed by atoms with Crippen molar-refractivity contribution >= 4 is 22.3 Å². The maximum atomic E-state index is 4.96. The Labute approximate surface area is 718 Å². The van der Waals surface area contributed by atoms with Crippen molar-refractivity contribution in [1.82, 2.24) is 0 Å². The summed E-state index contributed by atoms with van der Waals surface area (Å²) in [4.78, 5) is 0. The van der Waals surface area contributed by atoms with Crippen LogP contribution in [-0.2, 0) is 0 Å². The van der Waals surface area contributed by atoms with E-state index >= 15 is 0 Å². The van der Waals surface area contributed by atoms with Gasteiger partial charge >= 0.3 is 0 Å². The summed E-state index contributed by atoms with van der Waals surface area (Å²) in [6, 6.07) is 25.6. The molecule has 9 aromatic heterocycles. The van der Waals surface area contributed by atoms with E-state index in [9.17, 15) is 0 Å². The molecule has 0 saturated carbocycles. The second-order valence-electron chi connectivity index (χ2n) is 7.12. The Morgan fingerprint density at radius 3 is 0.607 bits per heavy atom. The molecule has 0 fully saturated rings. The fraction of sp³-hybridized carbons (Fsp3) is 0.0588. The van der Waals surface area contributed by atoms with Gasteiger partial charge in [-0.3, -0.25) is 0 Å². The van der Waals surface area contributed by atoms with Crippen LogP contribution in [0.3, 0.4) is 0 Å². The van der Waals surface area contributed by atoms with Crippen molar-refractivity contribution in [2.24, 2.45) is 0 Å². The van der Waals surface area contributed by atoms with Gasteiger partial charge in [-0.1, -0.05) is 13.8 Å². The molecule has 0 radical (unpaired) electrons. The van der Waals surface area contributed by atoms with Gasteiger partial charge in [0.1, 0.15) is 0 Å². The summed E-state index contributed by atoms with van der Waals surface area (Å²) in [5, 5.41) is 1.02. The Morgan fingerprint density at radius 1 is 0.250 bits per heavy atom. The molecule has 0 N–H and O–H groups in total. The molecule has 0 unspecified atom stereocenters. The molecule has 9 rings (SSSR count). The third kappa shape index (κ3) is 57.0. The third-order valence-electron chi connectivity index (χ3n) is 4.28. The number of fused-ring (bicyclic) bond motifs is 2. The molecule has 0 saturated heterocycles. The zero-order valence-electron chi connectivity index (χ0n) is 28.4. The van der Waals surface area contributed by atoms with Crippen molar-refractivity contribution in [3.63, 3.8) is 0 Å². The van der Waals surface area contributed by atoms with Crippen LogP contribution >= 0.6 is 0 Å². The van der Waals surface area contributed by atoms with Crippen LogP contribution in [-0.4, -0.2) is 0 Å². The minimum absolute atomic E-state index is 0. The Bertz CT molecular complexity index is 1270. The molecule has 0 aliphatic carbocycles. The van der Waals surface area contributed by atoms with E-state index in [1.54, 1.807) is 99.8 Å². The van der Waals surface area contributed by atoms with Crippen LogP contribution < -0.4 is 0 Å². The van der Waals surface area contributed by atoms with Crippen LogP contribution in [0, 0.1) is 491 Å². The van der Waals surface area contributed by atoms with Crippen molar-refractivity contribution in [1.29, 1.82) is 0 Å². The molecule has 0 aliphatic heterocycles. The summed E-state index contributed by atoms with van der Waals surface area (Å²) in [5.74, 6) is 0.602. The monoisotopic (exact) mass is 1110 g/mol. The predicted octanol–water partition coefficient (Wildman–Crippen LogP) is 11.5. The molecule has 328 valence electrons. The molecule has 0 aromatic carbocycles. The molecule has 56 heavy (non-hydrogen) atoms. The molecule has 9 aromatic rings. The first-order valence-corrected chi connectivity index (χ1v) is 13.1. The van der Waals surface area contributed by atoms with Gasteiger partial charge in [0.25, 0.3) is 5.78 Å². The van der Waals surface area contributed by atoms with Crippen molar-refractivity contribution < 1.29 is 530 Å². The van der Waals surface area contributed by atoms with Gasteiger partial charge in [0.05, 0.1) is 93.1 Å². The van der Waals surface area contributed by atoms with E-state index in [1.165, 1.54) is 0 Å². The molecule has 9 heterocycles. The zero-order valence-corrected chi connectivity index (χ0v) is 37.6. The van der Waals surface area contributed by atoms with Crippen LogP contribution in [0.25, 0.3) is 22.3 Å². The zero-order chi connectivity index (χ0) is 30.5. The summed E-state index contributed by atoms with van der Waals surface area (Å²) >= 11 is 0. The van der Waals surface area contributed by atoms with Gasteiger partial charge in [0.15, 0.2) is 11.2 Å². The average molecular weight is 1110 g/mol. The molecule has 0 atom stereocenters. The third-order valence-corrected chi connectivity index (χ3v) is 4.28. The number of furan rings is 9. The number of rotatable bonds is 0. The first kappa shape index (κ1) is 96.0. The first-order chi connectivity index (χ1) is 21.4. The van der Waals surface area contributed by atoms with Crippen LogP contribution in [0.5, 0.6) is 0 Å². The summed E-state index contributed by atoms with van der Waals surface area (Å²) in [7, 11) is 0. The van der Waals surface area contributed by atoms with Gasteiger partial charge in [-0.05, 0) is 72.8 Å². The summed E-state index contributed by atoms with van der Waals surface area (Å²) < 4.78 is 42.6. The summed E-state index contributed by atoms with van der Waals surface area (Å²) in [6.07, 6.45) is 22.7. The van der Waals surface area contributed by atoms with Gasteiger partial charge in [0.2, 0.25) is 0 Å². The largest absolute Gasteiger partial charge is 0.473 e. The van der Waals surface area contributed by atoms with Crippen LogP contribution in [0.15, 0.2) is 212 Å².